The van der Waals surface area contributed by atoms with Crippen molar-refractivity contribution in [2.24, 2.45) is 16.8 Å². The number of nitrogens with zero attached hydrogens (tertiary/aromatic N) is 2. The van der Waals surface area contributed by atoms with E-state index in [0.717, 1.165) is 31.8 Å². The van der Waals surface area contributed by atoms with Gasteiger partial charge in [-0.25, -0.2) is 0 Å². The molecule has 2 rings (SSSR count). The van der Waals surface area contributed by atoms with Crippen molar-refractivity contribution in [2.75, 3.05) is 26.8 Å². The largest absolute Gasteiger partial charge is 0.409 e. The molecule has 0 saturated carbocycles. The van der Waals surface area contributed by atoms with Gasteiger partial charge in [-0.05, 0) is 30.5 Å². The van der Waals surface area contributed by atoms with E-state index in [9.17, 15) is 0 Å². The summed E-state index contributed by atoms with van der Waals surface area (Å²) in [5, 5.41) is 11.7. The highest BCUT2D eigenvalue weighted by molar-refractivity contribution is 5.97. The van der Waals surface area contributed by atoms with Gasteiger partial charge in [0.25, 0.3) is 0 Å². The highest BCUT2D eigenvalue weighted by Gasteiger charge is 2.22. The minimum atomic E-state index is 0.153. The molecule has 1 fully saturated rings. The summed E-state index contributed by atoms with van der Waals surface area (Å²) in [7, 11) is 1.75. The van der Waals surface area contributed by atoms with Crippen LogP contribution in [0.1, 0.15) is 17.5 Å². The number of hydrogen-bond donors (Lipinski definition) is 2. The summed E-state index contributed by atoms with van der Waals surface area (Å²) in [6.45, 7) is 3.90. The molecule has 1 aliphatic rings. The first-order valence-electron chi connectivity index (χ1n) is 6.51. The molecular weight excluding hydrogens is 242 g/mol. The van der Waals surface area contributed by atoms with Gasteiger partial charge in [-0.15, -0.1) is 0 Å². The molecule has 1 aromatic rings. The lowest BCUT2D eigenvalue weighted by Gasteiger charge is -2.16. The summed E-state index contributed by atoms with van der Waals surface area (Å²) in [5.74, 6) is 0.790. The van der Waals surface area contributed by atoms with E-state index >= 15 is 0 Å². The predicted molar refractivity (Wildman–Crippen MR) is 74.2 cm³/mol. The first kappa shape index (κ1) is 13.8. The molecule has 0 aliphatic carbocycles. The zero-order valence-electron chi connectivity index (χ0n) is 11.2. The average molecular weight is 263 g/mol. The Labute approximate surface area is 113 Å². The van der Waals surface area contributed by atoms with Crippen LogP contribution in [0.25, 0.3) is 0 Å². The van der Waals surface area contributed by atoms with E-state index in [1.54, 1.807) is 7.11 Å². The molecule has 0 aromatic heterocycles. The second-order valence-electron chi connectivity index (χ2n) is 5.03. The molecule has 1 atom stereocenters. The van der Waals surface area contributed by atoms with E-state index in [4.69, 9.17) is 15.7 Å². The number of methoxy groups -OCH3 is 1. The zero-order chi connectivity index (χ0) is 13.7. The molecule has 0 radical (unpaired) electrons. The quantitative estimate of drug-likeness (QED) is 0.363. The molecule has 0 bridgehead atoms. The van der Waals surface area contributed by atoms with Crippen LogP contribution >= 0.6 is 0 Å². The third kappa shape index (κ3) is 3.68. The molecule has 1 saturated heterocycles. The van der Waals surface area contributed by atoms with Gasteiger partial charge in [0, 0.05) is 25.8 Å². The Kier molecular flexibility index (Phi) is 4.76. The Hall–Kier alpha value is -1.59. The van der Waals surface area contributed by atoms with Crippen LogP contribution in [0.3, 0.4) is 0 Å². The highest BCUT2D eigenvalue weighted by Crippen LogP contribution is 2.19. The third-order valence-corrected chi connectivity index (χ3v) is 3.51. The number of nitrogens with two attached hydrogens (primary N) is 1. The SMILES string of the molecule is COCC1CCN(Cc2cccc(C(N)=NO)c2)C1. The van der Waals surface area contributed by atoms with Crippen molar-refractivity contribution in [3.63, 3.8) is 0 Å². The maximum atomic E-state index is 8.70. The van der Waals surface area contributed by atoms with E-state index in [0.29, 0.717) is 5.92 Å². The van der Waals surface area contributed by atoms with E-state index in [2.05, 4.69) is 16.1 Å². The number of oxime groups is 1. The smallest absolute Gasteiger partial charge is 0.170 e. The van der Waals surface area contributed by atoms with Crippen molar-refractivity contribution in [1.29, 1.82) is 0 Å². The molecule has 19 heavy (non-hydrogen) atoms. The fraction of sp³-hybridized carbons (Fsp3) is 0.500. The van der Waals surface area contributed by atoms with Crippen molar-refractivity contribution in [1.82, 2.24) is 4.90 Å². The maximum Gasteiger partial charge on any atom is 0.170 e. The first-order chi connectivity index (χ1) is 9.22. The van der Waals surface area contributed by atoms with Gasteiger partial charge in [-0.1, -0.05) is 23.4 Å². The number of benzene rings is 1. The summed E-state index contributed by atoms with van der Waals surface area (Å²) in [6.07, 6.45) is 1.19. The van der Waals surface area contributed by atoms with Crippen LogP contribution in [0.4, 0.5) is 0 Å². The molecule has 3 N–H and O–H groups in total. The summed E-state index contributed by atoms with van der Waals surface area (Å²) < 4.78 is 5.20. The van der Waals surface area contributed by atoms with Gasteiger partial charge in [-0.2, -0.15) is 0 Å². The molecule has 1 unspecified atom stereocenters. The molecule has 0 amide bonds. The Balaban J connectivity index is 1.96. The first-order valence-corrected chi connectivity index (χ1v) is 6.51. The summed E-state index contributed by atoms with van der Waals surface area (Å²) in [5.41, 5.74) is 7.54. The number of likely N-dealkylation sites (tertiary alicyclic amines) is 1. The van der Waals surface area contributed by atoms with Crippen molar-refractivity contribution in [3.8, 4) is 0 Å². The average Bonchev–Trinajstić information content (AvgIpc) is 2.86. The number of rotatable bonds is 5. The normalized spacial score (nSPS) is 20.9. The molecule has 0 spiro atoms. The van der Waals surface area contributed by atoms with Crippen LogP contribution < -0.4 is 5.73 Å². The number of hydrogen-bond acceptors (Lipinski definition) is 4. The van der Waals surface area contributed by atoms with Crippen LogP contribution in [0.2, 0.25) is 0 Å². The molecule has 1 aromatic carbocycles. The second-order valence-corrected chi connectivity index (χ2v) is 5.03. The fourth-order valence-corrected chi connectivity index (χ4v) is 2.57. The summed E-state index contributed by atoms with van der Waals surface area (Å²) in [4.78, 5) is 2.41. The Bertz CT molecular complexity index is 448. The topological polar surface area (TPSA) is 71.1 Å². The van der Waals surface area contributed by atoms with Gasteiger partial charge in [0.05, 0.1) is 6.61 Å². The molecule has 5 nitrogen and oxygen atoms in total. The molecule has 104 valence electrons. The van der Waals surface area contributed by atoms with E-state index < -0.39 is 0 Å². The van der Waals surface area contributed by atoms with E-state index in [-0.39, 0.29) is 5.84 Å². The van der Waals surface area contributed by atoms with E-state index in [1.807, 2.05) is 18.2 Å². The monoisotopic (exact) mass is 263 g/mol. The second kappa shape index (κ2) is 6.54. The lowest BCUT2D eigenvalue weighted by Crippen LogP contribution is -2.21. The van der Waals surface area contributed by atoms with Crippen molar-refractivity contribution in [3.05, 3.63) is 35.4 Å². The van der Waals surface area contributed by atoms with Crippen molar-refractivity contribution >= 4 is 5.84 Å². The summed E-state index contributed by atoms with van der Waals surface area (Å²) in [6, 6.07) is 7.82. The standard InChI is InChI=1S/C14H21N3O2/c1-19-10-12-5-6-17(9-12)8-11-3-2-4-13(7-11)14(15)16-18/h2-4,7,12,18H,5-6,8-10H2,1H3,(H2,15,16). The van der Waals surface area contributed by atoms with Gasteiger partial charge < -0.3 is 15.7 Å². The minimum absolute atomic E-state index is 0.153. The van der Waals surface area contributed by atoms with Gasteiger partial charge in [0.1, 0.15) is 0 Å². The Morgan fingerprint density at radius 1 is 1.58 bits per heavy atom. The van der Waals surface area contributed by atoms with E-state index in [1.165, 1.54) is 12.0 Å². The predicted octanol–water partition coefficient (Wildman–Crippen LogP) is 1.25. The summed E-state index contributed by atoms with van der Waals surface area (Å²) >= 11 is 0. The maximum absolute atomic E-state index is 8.70. The number of amidine groups is 1. The molecule has 1 heterocycles. The van der Waals surface area contributed by atoms with Gasteiger partial charge in [-0.3, -0.25) is 4.90 Å². The van der Waals surface area contributed by atoms with Gasteiger partial charge in [0.2, 0.25) is 0 Å². The van der Waals surface area contributed by atoms with Crippen LogP contribution in [-0.2, 0) is 11.3 Å². The lowest BCUT2D eigenvalue weighted by atomic mass is 10.1. The Morgan fingerprint density at radius 3 is 3.16 bits per heavy atom. The van der Waals surface area contributed by atoms with Crippen LogP contribution in [0.5, 0.6) is 0 Å². The lowest BCUT2D eigenvalue weighted by molar-refractivity contribution is 0.152. The number of ether oxygens (including phenoxy) is 1. The zero-order valence-corrected chi connectivity index (χ0v) is 11.2. The fourth-order valence-electron chi connectivity index (χ4n) is 2.57. The van der Waals surface area contributed by atoms with Crippen LogP contribution in [0, 0.1) is 5.92 Å². The molecule has 1 aliphatic heterocycles. The van der Waals surface area contributed by atoms with Crippen molar-refractivity contribution in [2.45, 2.75) is 13.0 Å². The highest BCUT2D eigenvalue weighted by atomic mass is 16.5. The minimum Gasteiger partial charge on any atom is -0.409 e. The van der Waals surface area contributed by atoms with Crippen molar-refractivity contribution < 1.29 is 9.94 Å². The van der Waals surface area contributed by atoms with Gasteiger partial charge >= 0.3 is 0 Å². The molecule has 5 heteroatoms. The third-order valence-electron chi connectivity index (χ3n) is 3.51. The van der Waals surface area contributed by atoms with Gasteiger partial charge in [0.15, 0.2) is 5.84 Å². The van der Waals surface area contributed by atoms with Crippen LogP contribution in [-0.4, -0.2) is 42.7 Å². The molecular formula is C14H21N3O2. The van der Waals surface area contributed by atoms with Crippen LogP contribution in [0.15, 0.2) is 29.4 Å². The Morgan fingerprint density at radius 2 is 2.42 bits per heavy atom.